The third-order valence-electron chi connectivity index (χ3n) is 2.98. The van der Waals surface area contributed by atoms with E-state index in [9.17, 15) is 0 Å². The molecule has 0 spiro atoms. The summed E-state index contributed by atoms with van der Waals surface area (Å²) in [6.07, 6.45) is 0. The Balaban J connectivity index is 2.37. The highest BCUT2D eigenvalue weighted by Gasteiger charge is 2.15. The molecule has 86 valence electrons. The zero-order chi connectivity index (χ0) is 12.0. The Morgan fingerprint density at radius 3 is 2.65 bits per heavy atom. The maximum atomic E-state index is 5.87. The summed E-state index contributed by atoms with van der Waals surface area (Å²) < 4.78 is 5.78. The van der Waals surface area contributed by atoms with Crippen LogP contribution in [0.15, 0.2) is 34.7 Å². The predicted molar refractivity (Wildman–Crippen MR) is 73.4 cm³/mol. The van der Waals surface area contributed by atoms with Crippen molar-refractivity contribution in [2.75, 3.05) is 5.73 Å². The van der Waals surface area contributed by atoms with Gasteiger partial charge in [-0.3, -0.25) is 0 Å². The molecule has 2 N–H and O–H groups in total. The molecule has 2 heterocycles. The lowest BCUT2D eigenvalue weighted by molar-refractivity contribution is 0.580. The lowest BCUT2D eigenvalue weighted by Gasteiger charge is -1.98. The zero-order valence-electron chi connectivity index (χ0n) is 9.78. The van der Waals surface area contributed by atoms with Gasteiger partial charge in [-0.05, 0) is 26.0 Å². The van der Waals surface area contributed by atoms with Crippen molar-refractivity contribution in [1.82, 2.24) is 0 Å². The fourth-order valence-corrected chi connectivity index (χ4v) is 3.06. The summed E-state index contributed by atoms with van der Waals surface area (Å²) >= 11 is 1.62. The van der Waals surface area contributed by atoms with Crippen molar-refractivity contribution in [3.63, 3.8) is 0 Å². The molecule has 0 atom stereocenters. The van der Waals surface area contributed by atoms with Gasteiger partial charge >= 0.3 is 0 Å². The number of rotatable bonds is 1. The van der Waals surface area contributed by atoms with E-state index in [-0.39, 0.29) is 0 Å². The van der Waals surface area contributed by atoms with Gasteiger partial charge in [0.25, 0.3) is 0 Å². The average molecular weight is 243 g/mol. The fraction of sp³-hybridized carbons (Fsp3) is 0.143. The number of anilines is 1. The second-order valence-corrected chi connectivity index (χ2v) is 5.44. The molecule has 0 aliphatic carbocycles. The van der Waals surface area contributed by atoms with Gasteiger partial charge in [0.2, 0.25) is 0 Å². The Morgan fingerprint density at radius 1 is 1.18 bits per heavy atom. The van der Waals surface area contributed by atoms with Crippen molar-refractivity contribution >= 4 is 27.3 Å². The highest BCUT2D eigenvalue weighted by Crippen LogP contribution is 2.39. The summed E-state index contributed by atoms with van der Waals surface area (Å²) in [4.78, 5) is 1.23. The molecule has 3 rings (SSSR count). The number of nitrogens with two attached hydrogens (primary N) is 1. The van der Waals surface area contributed by atoms with Gasteiger partial charge in [-0.1, -0.05) is 18.2 Å². The fourth-order valence-electron chi connectivity index (χ4n) is 2.26. The highest BCUT2D eigenvalue weighted by molar-refractivity contribution is 7.16. The molecule has 0 saturated carbocycles. The Morgan fingerprint density at radius 2 is 1.94 bits per heavy atom. The van der Waals surface area contributed by atoms with Gasteiger partial charge in [0.15, 0.2) is 0 Å². The molecule has 0 saturated heterocycles. The number of thiophene rings is 1. The monoisotopic (exact) mass is 243 g/mol. The van der Waals surface area contributed by atoms with E-state index in [0.29, 0.717) is 0 Å². The van der Waals surface area contributed by atoms with Gasteiger partial charge in [-0.2, -0.15) is 0 Å². The Hall–Kier alpha value is -1.74. The number of benzene rings is 1. The number of fused-ring (bicyclic) bond motifs is 1. The molecule has 2 nitrogen and oxygen atoms in total. The van der Waals surface area contributed by atoms with E-state index >= 15 is 0 Å². The first kappa shape index (κ1) is 10.4. The molecular formula is C14H13NOS. The number of nitrogen functional groups attached to an aromatic ring is 1. The number of hydrogen-bond donors (Lipinski definition) is 1. The van der Waals surface area contributed by atoms with Crippen molar-refractivity contribution in [1.29, 1.82) is 0 Å². The SMILES string of the molecule is Cc1oc2ccccc2c1-c1cc(N)sc1C. The van der Waals surface area contributed by atoms with E-state index in [1.807, 2.05) is 31.2 Å². The van der Waals surface area contributed by atoms with Crippen LogP contribution in [0.2, 0.25) is 0 Å². The Labute approximate surface area is 104 Å². The zero-order valence-corrected chi connectivity index (χ0v) is 10.6. The minimum atomic E-state index is 0.849. The van der Waals surface area contributed by atoms with Crippen LogP contribution in [0, 0.1) is 13.8 Å². The van der Waals surface area contributed by atoms with E-state index in [0.717, 1.165) is 21.7 Å². The molecule has 17 heavy (non-hydrogen) atoms. The van der Waals surface area contributed by atoms with Gasteiger partial charge < -0.3 is 10.2 Å². The van der Waals surface area contributed by atoms with E-state index < -0.39 is 0 Å². The van der Waals surface area contributed by atoms with Crippen molar-refractivity contribution in [2.24, 2.45) is 0 Å². The molecule has 0 fully saturated rings. The summed E-state index contributed by atoms with van der Waals surface area (Å²) in [6.45, 7) is 4.10. The van der Waals surface area contributed by atoms with Crippen molar-refractivity contribution in [2.45, 2.75) is 13.8 Å². The lowest BCUT2D eigenvalue weighted by atomic mass is 10.0. The topological polar surface area (TPSA) is 39.2 Å². The largest absolute Gasteiger partial charge is 0.461 e. The first-order chi connectivity index (χ1) is 8.16. The molecule has 0 unspecified atom stereocenters. The van der Waals surface area contributed by atoms with Crippen LogP contribution < -0.4 is 5.73 Å². The quantitative estimate of drug-likeness (QED) is 0.689. The second-order valence-electron chi connectivity index (χ2n) is 4.15. The molecule has 0 aliphatic rings. The smallest absolute Gasteiger partial charge is 0.134 e. The van der Waals surface area contributed by atoms with Crippen LogP contribution in [-0.4, -0.2) is 0 Å². The summed E-state index contributed by atoms with van der Waals surface area (Å²) in [6, 6.07) is 10.1. The van der Waals surface area contributed by atoms with Crippen LogP contribution in [0.3, 0.4) is 0 Å². The molecule has 1 aromatic carbocycles. The van der Waals surface area contributed by atoms with E-state index in [2.05, 4.69) is 13.0 Å². The third-order valence-corrected chi connectivity index (χ3v) is 3.86. The molecule has 2 aromatic heterocycles. The van der Waals surface area contributed by atoms with Crippen LogP contribution in [0.5, 0.6) is 0 Å². The van der Waals surface area contributed by atoms with Crippen LogP contribution in [0.25, 0.3) is 22.1 Å². The maximum Gasteiger partial charge on any atom is 0.134 e. The first-order valence-electron chi connectivity index (χ1n) is 5.51. The molecule has 3 aromatic rings. The molecule has 0 radical (unpaired) electrons. The predicted octanol–water partition coefficient (Wildman–Crippen LogP) is 4.36. The van der Waals surface area contributed by atoms with Crippen molar-refractivity contribution in [3.05, 3.63) is 41.0 Å². The Bertz CT molecular complexity index is 693. The number of para-hydroxylation sites is 1. The van der Waals surface area contributed by atoms with Gasteiger partial charge in [0.1, 0.15) is 11.3 Å². The van der Waals surface area contributed by atoms with Gasteiger partial charge in [-0.25, -0.2) is 0 Å². The van der Waals surface area contributed by atoms with Crippen molar-refractivity contribution in [3.8, 4) is 11.1 Å². The summed E-state index contributed by atoms with van der Waals surface area (Å²) in [5, 5.41) is 2.01. The molecule has 0 amide bonds. The molecule has 0 aliphatic heterocycles. The van der Waals surface area contributed by atoms with E-state index in [4.69, 9.17) is 10.2 Å². The normalized spacial score (nSPS) is 11.2. The lowest BCUT2D eigenvalue weighted by Crippen LogP contribution is -1.78. The van der Waals surface area contributed by atoms with E-state index in [1.165, 1.54) is 16.0 Å². The minimum absolute atomic E-state index is 0.849. The molecule has 0 bridgehead atoms. The number of hydrogen-bond acceptors (Lipinski definition) is 3. The maximum absolute atomic E-state index is 5.87. The highest BCUT2D eigenvalue weighted by atomic mass is 32.1. The van der Waals surface area contributed by atoms with Gasteiger partial charge in [0.05, 0.1) is 5.00 Å². The number of aryl methyl sites for hydroxylation is 2. The first-order valence-corrected chi connectivity index (χ1v) is 6.33. The Kier molecular flexibility index (Phi) is 2.23. The van der Waals surface area contributed by atoms with Crippen LogP contribution in [-0.2, 0) is 0 Å². The second kappa shape index (κ2) is 3.64. The summed E-state index contributed by atoms with van der Waals surface area (Å²) in [5.41, 5.74) is 9.16. The van der Waals surface area contributed by atoms with Crippen LogP contribution in [0.1, 0.15) is 10.6 Å². The standard InChI is InChI=1S/C14H13NOS/c1-8-14(11-7-13(15)17-9(11)2)10-5-3-4-6-12(10)16-8/h3-7H,15H2,1-2H3. The summed E-state index contributed by atoms with van der Waals surface area (Å²) in [7, 11) is 0. The van der Waals surface area contributed by atoms with Gasteiger partial charge in [-0.15, -0.1) is 11.3 Å². The van der Waals surface area contributed by atoms with Crippen molar-refractivity contribution < 1.29 is 4.42 Å². The minimum Gasteiger partial charge on any atom is -0.461 e. The van der Waals surface area contributed by atoms with E-state index in [1.54, 1.807) is 11.3 Å². The van der Waals surface area contributed by atoms with Crippen LogP contribution >= 0.6 is 11.3 Å². The average Bonchev–Trinajstić information content (AvgIpc) is 2.77. The molecular weight excluding hydrogens is 230 g/mol. The van der Waals surface area contributed by atoms with Crippen LogP contribution in [0.4, 0.5) is 5.00 Å². The van der Waals surface area contributed by atoms with Gasteiger partial charge in [0, 0.05) is 21.4 Å². The summed E-state index contributed by atoms with van der Waals surface area (Å²) in [5.74, 6) is 0.951. The third kappa shape index (κ3) is 1.54. The number of furan rings is 1. The molecule has 3 heteroatoms.